The highest BCUT2D eigenvalue weighted by Gasteiger charge is 2.23. The first-order valence-electron chi connectivity index (χ1n) is 10.3. The van der Waals surface area contributed by atoms with E-state index in [0.717, 1.165) is 45.8 Å². The van der Waals surface area contributed by atoms with Crippen LogP contribution in [0.15, 0.2) is 43.0 Å². The number of aromatic nitrogens is 6. The van der Waals surface area contributed by atoms with E-state index in [1.807, 2.05) is 29.2 Å². The number of morpholine rings is 1. The van der Waals surface area contributed by atoms with Crippen molar-refractivity contribution in [1.82, 2.24) is 29.9 Å². The van der Waals surface area contributed by atoms with Crippen molar-refractivity contribution >= 4 is 16.7 Å². The Morgan fingerprint density at radius 3 is 2.87 bits per heavy atom. The van der Waals surface area contributed by atoms with Gasteiger partial charge in [-0.05, 0) is 44.5 Å². The Morgan fingerprint density at radius 1 is 1.23 bits per heavy atom. The molecule has 5 heterocycles. The van der Waals surface area contributed by atoms with Gasteiger partial charge in [0, 0.05) is 42.1 Å². The van der Waals surface area contributed by atoms with Gasteiger partial charge in [-0.25, -0.2) is 4.98 Å². The van der Waals surface area contributed by atoms with Gasteiger partial charge in [0.25, 0.3) is 0 Å². The van der Waals surface area contributed by atoms with Gasteiger partial charge in [-0.3, -0.25) is 14.8 Å². The Morgan fingerprint density at radius 2 is 2.13 bits per heavy atom. The van der Waals surface area contributed by atoms with Crippen molar-refractivity contribution in [3.63, 3.8) is 0 Å². The summed E-state index contributed by atoms with van der Waals surface area (Å²) in [7, 11) is 0. The molecule has 4 aromatic rings. The molecule has 0 bridgehead atoms. The molecule has 0 amide bonds. The highest BCUT2D eigenvalue weighted by molar-refractivity contribution is 6.01. The van der Waals surface area contributed by atoms with Crippen LogP contribution in [0.2, 0.25) is 0 Å². The lowest BCUT2D eigenvalue weighted by atomic mass is 10.0. The molecular formula is C22H25N7O. The molecule has 0 aromatic carbocycles. The molecule has 8 nitrogen and oxygen atoms in total. The molecule has 154 valence electrons. The predicted molar refractivity (Wildman–Crippen MR) is 116 cm³/mol. The summed E-state index contributed by atoms with van der Waals surface area (Å²) in [5, 5.41) is 12.7. The summed E-state index contributed by atoms with van der Waals surface area (Å²) in [6.45, 7) is 8.63. The van der Waals surface area contributed by atoms with Gasteiger partial charge < -0.3 is 9.64 Å². The Balaban J connectivity index is 1.75. The van der Waals surface area contributed by atoms with Gasteiger partial charge in [0.05, 0.1) is 31.1 Å². The zero-order valence-corrected chi connectivity index (χ0v) is 17.4. The third-order valence-corrected chi connectivity index (χ3v) is 5.57. The minimum absolute atomic E-state index is 0.252. The molecule has 1 saturated heterocycles. The van der Waals surface area contributed by atoms with Gasteiger partial charge in [0.15, 0.2) is 0 Å². The molecule has 30 heavy (non-hydrogen) atoms. The fourth-order valence-electron chi connectivity index (χ4n) is 3.94. The Kier molecular flexibility index (Phi) is 4.71. The number of nitrogens with zero attached hydrogens (tertiary/aromatic N) is 6. The second-order valence-corrected chi connectivity index (χ2v) is 7.97. The first-order chi connectivity index (χ1) is 14.6. The van der Waals surface area contributed by atoms with Crippen LogP contribution in [0, 0.1) is 0 Å². The Bertz CT molecular complexity index is 1170. The number of anilines is 1. The average molecular weight is 403 g/mol. The molecule has 0 aliphatic carbocycles. The van der Waals surface area contributed by atoms with Crippen molar-refractivity contribution in [2.75, 3.05) is 24.7 Å². The van der Waals surface area contributed by atoms with Crippen molar-refractivity contribution in [1.29, 1.82) is 0 Å². The maximum absolute atomic E-state index is 5.64. The van der Waals surface area contributed by atoms with Gasteiger partial charge in [-0.1, -0.05) is 0 Å². The molecule has 5 rings (SSSR count). The van der Waals surface area contributed by atoms with E-state index in [1.165, 1.54) is 0 Å². The molecule has 0 saturated carbocycles. The van der Waals surface area contributed by atoms with Crippen LogP contribution < -0.4 is 4.90 Å². The summed E-state index contributed by atoms with van der Waals surface area (Å²) >= 11 is 0. The predicted octanol–water partition coefficient (Wildman–Crippen LogP) is 3.69. The van der Waals surface area contributed by atoms with Crippen LogP contribution in [0.4, 0.5) is 5.82 Å². The molecule has 1 aliphatic heterocycles. The van der Waals surface area contributed by atoms with Gasteiger partial charge >= 0.3 is 0 Å². The lowest BCUT2D eigenvalue weighted by molar-refractivity contribution is 0.0986. The van der Waals surface area contributed by atoms with Crippen LogP contribution >= 0.6 is 0 Å². The lowest BCUT2D eigenvalue weighted by Gasteiger charge is -2.34. The number of fused-ring (bicyclic) bond motifs is 1. The maximum atomic E-state index is 5.64. The summed E-state index contributed by atoms with van der Waals surface area (Å²) in [6, 6.07) is 6.67. The van der Waals surface area contributed by atoms with E-state index in [4.69, 9.17) is 9.72 Å². The number of nitrogens with one attached hydrogen (secondary N) is 1. The van der Waals surface area contributed by atoms with E-state index in [-0.39, 0.29) is 6.04 Å². The van der Waals surface area contributed by atoms with Crippen LogP contribution in [-0.2, 0) is 4.74 Å². The first-order valence-corrected chi connectivity index (χ1v) is 10.3. The molecule has 1 aliphatic rings. The van der Waals surface area contributed by atoms with Crippen molar-refractivity contribution in [2.45, 2.75) is 32.9 Å². The molecular weight excluding hydrogens is 378 g/mol. The zero-order valence-electron chi connectivity index (χ0n) is 17.4. The van der Waals surface area contributed by atoms with Gasteiger partial charge in [-0.15, -0.1) is 0 Å². The first kappa shape index (κ1) is 18.7. The summed E-state index contributed by atoms with van der Waals surface area (Å²) < 4.78 is 7.62. The number of ether oxygens (including phenoxy) is 1. The molecule has 1 fully saturated rings. The number of pyridine rings is 2. The monoisotopic (exact) mass is 403 g/mol. The topological polar surface area (TPSA) is 84.8 Å². The van der Waals surface area contributed by atoms with Gasteiger partial charge in [0.1, 0.15) is 17.0 Å². The fraction of sp³-hybridized carbons (Fsp3) is 0.364. The smallest absolute Gasteiger partial charge is 0.130 e. The Labute approximate surface area is 174 Å². The highest BCUT2D eigenvalue weighted by atomic mass is 16.5. The normalized spacial score (nSPS) is 17.2. The largest absolute Gasteiger partial charge is 0.377 e. The van der Waals surface area contributed by atoms with Crippen molar-refractivity contribution in [3.05, 3.63) is 43.0 Å². The number of hydrogen-bond acceptors (Lipinski definition) is 6. The molecule has 8 heteroatoms. The minimum atomic E-state index is 0.252. The van der Waals surface area contributed by atoms with E-state index in [9.17, 15) is 0 Å². The van der Waals surface area contributed by atoms with E-state index in [0.29, 0.717) is 19.3 Å². The number of H-pyrrole nitrogens is 1. The van der Waals surface area contributed by atoms with Gasteiger partial charge in [0.2, 0.25) is 0 Å². The highest BCUT2D eigenvalue weighted by Crippen LogP contribution is 2.35. The SMILES string of the molecule is CC1COCCN1c1cc(-c2cnn(C(C)C)c2)c2ccnc(-c3ccn[nH]3)c2n1. The molecule has 1 N–H and O–H groups in total. The Hall–Kier alpha value is -3.26. The lowest BCUT2D eigenvalue weighted by Crippen LogP contribution is -2.44. The summed E-state index contributed by atoms with van der Waals surface area (Å²) in [5.41, 5.74) is 4.67. The van der Waals surface area contributed by atoms with Crippen LogP contribution in [0.5, 0.6) is 0 Å². The van der Waals surface area contributed by atoms with Crippen LogP contribution in [0.25, 0.3) is 33.4 Å². The number of aromatic amines is 1. The quantitative estimate of drug-likeness (QED) is 0.559. The van der Waals surface area contributed by atoms with Gasteiger partial charge in [-0.2, -0.15) is 10.2 Å². The molecule has 0 spiro atoms. The second kappa shape index (κ2) is 7.53. The second-order valence-electron chi connectivity index (χ2n) is 7.97. The summed E-state index contributed by atoms with van der Waals surface area (Å²) in [5.74, 6) is 0.930. The molecule has 0 radical (unpaired) electrons. The van der Waals surface area contributed by atoms with Crippen molar-refractivity contribution in [3.8, 4) is 22.5 Å². The zero-order chi connectivity index (χ0) is 20.7. The molecule has 1 atom stereocenters. The standard InChI is InChI=1S/C22H25N7O/c1-14(2)29-12-16(11-25-29)18-10-20(28-8-9-30-13-15(28)3)26-21-17(18)4-6-23-22(21)19-5-7-24-27-19/h4-7,10-12,14-15H,8-9,13H2,1-3H3,(H,24,27). The molecule has 1 unspecified atom stereocenters. The third kappa shape index (κ3) is 3.23. The maximum Gasteiger partial charge on any atom is 0.130 e. The van der Waals surface area contributed by atoms with Crippen molar-refractivity contribution in [2.24, 2.45) is 0 Å². The number of hydrogen-bond donors (Lipinski definition) is 1. The molecule has 4 aromatic heterocycles. The fourth-order valence-corrected chi connectivity index (χ4v) is 3.94. The van der Waals surface area contributed by atoms with Crippen LogP contribution in [-0.4, -0.2) is 55.7 Å². The van der Waals surface area contributed by atoms with E-state index >= 15 is 0 Å². The average Bonchev–Trinajstić information content (AvgIpc) is 3.45. The van der Waals surface area contributed by atoms with E-state index in [1.54, 1.807) is 6.20 Å². The van der Waals surface area contributed by atoms with E-state index < -0.39 is 0 Å². The van der Waals surface area contributed by atoms with Crippen LogP contribution in [0.1, 0.15) is 26.8 Å². The minimum Gasteiger partial charge on any atom is -0.377 e. The van der Waals surface area contributed by atoms with E-state index in [2.05, 4.69) is 58.2 Å². The third-order valence-electron chi connectivity index (χ3n) is 5.57. The van der Waals surface area contributed by atoms with Crippen molar-refractivity contribution < 1.29 is 4.74 Å². The van der Waals surface area contributed by atoms with Crippen LogP contribution in [0.3, 0.4) is 0 Å². The number of rotatable bonds is 4. The summed E-state index contributed by atoms with van der Waals surface area (Å²) in [4.78, 5) is 12.0. The summed E-state index contributed by atoms with van der Waals surface area (Å²) in [6.07, 6.45) is 7.59.